The second kappa shape index (κ2) is 5.45. The van der Waals surface area contributed by atoms with Crippen LogP contribution < -0.4 is 5.32 Å². The quantitative estimate of drug-likeness (QED) is 0.871. The molecule has 0 spiro atoms. The van der Waals surface area contributed by atoms with Crippen molar-refractivity contribution in [3.05, 3.63) is 23.7 Å². The Morgan fingerprint density at radius 2 is 2.22 bits per heavy atom. The van der Waals surface area contributed by atoms with Gasteiger partial charge in [-0.15, -0.1) is 0 Å². The third-order valence-corrected chi connectivity index (χ3v) is 3.56. The predicted molar refractivity (Wildman–Crippen MR) is 74.4 cm³/mol. The van der Waals surface area contributed by atoms with Gasteiger partial charge in [0.2, 0.25) is 0 Å². The van der Waals surface area contributed by atoms with Crippen LogP contribution in [0.25, 0.3) is 0 Å². The van der Waals surface area contributed by atoms with E-state index in [9.17, 15) is 0 Å². The highest BCUT2D eigenvalue weighted by atomic mass is 16.3. The summed E-state index contributed by atoms with van der Waals surface area (Å²) in [6.45, 7) is 13.2. The molecule has 1 N–H and O–H groups in total. The minimum atomic E-state index is 0.467. The van der Waals surface area contributed by atoms with Crippen LogP contribution in [0.15, 0.2) is 16.7 Å². The van der Waals surface area contributed by atoms with Crippen molar-refractivity contribution in [2.75, 3.05) is 13.1 Å². The van der Waals surface area contributed by atoms with Gasteiger partial charge in [-0.05, 0) is 24.4 Å². The van der Waals surface area contributed by atoms with Crippen molar-refractivity contribution in [2.24, 2.45) is 5.41 Å². The van der Waals surface area contributed by atoms with Crippen LogP contribution in [0.3, 0.4) is 0 Å². The van der Waals surface area contributed by atoms with Crippen molar-refractivity contribution in [1.29, 1.82) is 0 Å². The third kappa shape index (κ3) is 3.85. The van der Waals surface area contributed by atoms with Gasteiger partial charge in [-0.1, -0.05) is 27.7 Å². The number of nitrogens with zero attached hydrogens (tertiary/aromatic N) is 1. The lowest BCUT2D eigenvalue weighted by Crippen LogP contribution is -2.22. The highest BCUT2D eigenvalue weighted by Crippen LogP contribution is 2.29. The second-order valence-corrected chi connectivity index (χ2v) is 6.58. The van der Waals surface area contributed by atoms with Gasteiger partial charge in [-0.25, -0.2) is 0 Å². The van der Waals surface area contributed by atoms with Gasteiger partial charge in [0.15, 0.2) is 0 Å². The molecule has 0 aromatic carbocycles. The number of nitrogens with one attached hydrogen (secondary N) is 1. The summed E-state index contributed by atoms with van der Waals surface area (Å²) in [7, 11) is 0. The first-order chi connectivity index (χ1) is 8.44. The van der Waals surface area contributed by atoms with E-state index < -0.39 is 0 Å². The lowest BCUT2D eigenvalue weighted by Gasteiger charge is -2.18. The topological polar surface area (TPSA) is 28.4 Å². The van der Waals surface area contributed by atoms with Crippen LogP contribution in [0.4, 0.5) is 0 Å². The summed E-state index contributed by atoms with van der Waals surface area (Å²) in [5.41, 5.74) is 1.71. The predicted octanol–water partition coefficient (Wildman–Crippen LogP) is 3.01. The lowest BCUT2D eigenvalue weighted by molar-refractivity contribution is 0.263. The van der Waals surface area contributed by atoms with E-state index >= 15 is 0 Å². The zero-order chi connectivity index (χ0) is 13.2. The Morgan fingerprint density at radius 1 is 1.44 bits per heavy atom. The standard InChI is InChI=1S/C15H26N2O/c1-12(2)16-8-13-7-14(18-10-13)9-17-6-5-15(3,4)11-17/h7,10,12,16H,5-6,8-9,11H2,1-4H3. The normalized spacial score (nSPS) is 19.8. The van der Waals surface area contributed by atoms with Crippen molar-refractivity contribution in [1.82, 2.24) is 10.2 Å². The Kier molecular flexibility index (Phi) is 4.13. The van der Waals surface area contributed by atoms with E-state index in [4.69, 9.17) is 4.42 Å². The molecule has 1 aromatic rings. The minimum absolute atomic E-state index is 0.467. The molecule has 1 aliphatic rings. The molecule has 1 saturated heterocycles. The van der Waals surface area contributed by atoms with Crippen molar-refractivity contribution >= 4 is 0 Å². The van der Waals surface area contributed by atoms with E-state index in [0.717, 1.165) is 18.8 Å². The summed E-state index contributed by atoms with van der Waals surface area (Å²) in [6, 6.07) is 2.70. The molecule has 1 fully saturated rings. The molecule has 2 rings (SSSR count). The number of likely N-dealkylation sites (tertiary alicyclic amines) is 1. The van der Waals surface area contributed by atoms with Crippen LogP contribution in [0.2, 0.25) is 0 Å². The monoisotopic (exact) mass is 250 g/mol. The van der Waals surface area contributed by atoms with Crippen LogP contribution in [0.1, 0.15) is 45.4 Å². The van der Waals surface area contributed by atoms with Crippen LogP contribution in [-0.2, 0) is 13.1 Å². The van der Waals surface area contributed by atoms with Crippen LogP contribution >= 0.6 is 0 Å². The molecule has 0 aliphatic carbocycles. The van der Waals surface area contributed by atoms with Gasteiger partial charge in [-0.3, -0.25) is 4.90 Å². The maximum atomic E-state index is 5.65. The molecule has 0 saturated carbocycles. The van der Waals surface area contributed by atoms with Gasteiger partial charge in [0.25, 0.3) is 0 Å². The highest BCUT2D eigenvalue weighted by molar-refractivity contribution is 5.13. The molecule has 0 atom stereocenters. The van der Waals surface area contributed by atoms with Crippen molar-refractivity contribution < 1.29 is 4.42 Å². The minimum Gasteiger partial charge on any atom is -0.468 e. The average molecular weight is 250 g/mol. The first-order valence-corrected chi connectivity index (χ1v) is 6.97. The van der Waals surface area contributed by atoms with Crippen molar-refractivity contribution in [3.8, 4) is 0 Å². The van der Waals surface area contributed by atoms with Gasteiger partial charge >= 0.3 is 0 Å². The highest BCUT2D eigenvalue weighted by Gasteiger charge is 2.29. The number of rotatable bonds is 5. The SMILES string of the molecule is CC(C)NCc1coc(CN2CCC(C)(C)C2)c1. The Hall–Kier alpha value is -0.800. The van der Waals surface area contributed by atoms with Gasteiger partial charge in [0.1, 0.15) is 5.76 Å². The summed E-state index contributed by atoms with van der Waals surface area (Å²) in [4.78, 5) is 2.48. The molecule has 0 amide bonds. The first-order valence-electron chi connectivity index (χ1n) is 6.97. The fraction of sp³-hybridized carbons (Fsp3) is 0.733. The third-order valence-electron chi connectivity index (χ3n) is 3.56. The molecule has 3 heteroatoms. The fourth-order valence-electron chi connectivity index (χ4n) is 2.50. The Labute approximate surface area is 111 Å². The molecule has 2 heterocycles. The van der Waals surface area contributed by atoms with Gasteiger partial charge in [-0.2, -0.15) is 0 Å². The largest absolute Gasteiger partial charge is 0.468 e. The Morgan fingerprint density at radius 3 is 2.83 bits per heavy atom. The zero-order valence-corrected chi connectivity index (χ0v) is 12.1. The van der Waals surface area contributed by atoms with E-state index in [1.807, 2.05) is 6.26 Å². The molecule has 1 aromatic heterocycles. The van der Waals surface area contributed by atoms with E-state index in [1.54, 1.807) is 0 Å². The van der Waals surface area contributed by atoms with Gasteiger partial charge < -0.3 is 9.73 Å². The fourth-order valence-corrected chi connectivity index (χ4v) is 2.50. The molecule has 0 radical (unpaired) electrons. The maximum absolute atomic E-state index is 5.65. The Bertz CT molecular complexity index is 382. The van der Waals surface area contributed by atoms with Crippen molar-refractivity contribution in [2.45, 2.75) is 53.2 Å². The molecule has 1 aliphatic heterocycles. The van der Waals surface area contributed by atoms with E-state index in [1.165, 1.54) is 25.1 Å². The summed E-state index contributed by atoms with van der Waals surface area (Å²) < 4.78 is 5.65. The molecule has 18 heavy (non-hydrogen) atoms. The lowest BCUT2D eigenvalue weighted by atomic mass is 9.93. The maximum Gasteiger partial charge on any atom is 0.118 e. The van der Waals surface area contributed by atoms with E-state index in [2.05, 4.69) is 44.0 Å². The summed E-state index contributed by atoms with van der Waals surface area (Å²) in [5, 5.41) is 3.41. The molecule has 0 unspecified atom stereocenters. The molecular formula is C15H26N2O. The number of hydrogen-bond donors (Lipinski definition) is 1. The van der Waals surface area contributed by atoms with Crippen LogP contribution in [0.5, 0.6) is 0 Å². The summed E-state index contributed by atoms with van der Waals surface area (Å²) in [5.74, 6) is 1.09. The molecule has 102 valence electrons. The van der Waals surface area contributed by atoms with Crippen molar-refractivity contribution in [3.63, 3.8) is 0 Å². The smallest absolute Gasteiger partial charge is 0.118 e. The average Bonchev–Trinajstić information content (AvgIpc) is 2.83. The Balaban J connectivity index is 1.83. The number of hydrogen-bond acceptors (Lipinski definition) is 3. The second-order valence-electron chi connectivity index (χ2n) is 6.58. The van der Waals surface area contributed by atoms with Crippen LogP contribution in [-0.4, -0.2) is 24.0 Å². The van der Waals surface area contributed by atoms with Gasteiger partial charge in [0, 0.05) is 24.7 Å². The van der Waals surface area contributed by atoms with E-state index in [0.29, 0.717) is 11.5 Å². The van der Waals surface area contributed by atoms with Crippen LogP contribution in [0, 0.1) is 5.41 Å². The van der Waals surface area contributed by atoms with Gasteiger partial charge in [0.05, 0.1) is 12.8 Å². The van der Waals surface area contributed by atoms with E-state index in [-0.39, 0.29) is 0 Å². The molecule has 0 bridgehead atoms. The molecular weight excluding hydrogens is 224 g/mol. The summed E-state index contributed by atoms with van der Waals surface area (Å²) >= 11 is 0. The molecule has 3 nitrogen and oxygen atoms in total. The summed E-state index contributed by atoms with van der Waals surface area (Å²) in [6.07, 6.45) is 3.17. The number of furan rings is 1. The zero-order valence-electron chi connectivity index (χ0n) is 12.1. The first kappa shape index (κ1) is 13.6.